The lowest BCUT2D eigenvalue weighted by atomic mass is 9.99. The highest BCUT2D eigenvalue weighted by atomic mass is 16.7. The van der Waals surface area contributed by atoms with Crippen molar-refractivity contribution in [2.24, 2.45) is 20.0 Å². The lowest BCUT2D eigenvalue weighted by molar-refractivity contribution is 0.119. The number of hydrogen-bond donors (Lipinski definition) is 0. The molecule has 0 N–H and O–H groups in total. The van der Waals surface area contributed by atoms with Gasteiger partial charge in [-0.3, -0.25) is 0 Å². The second kappa shape index (κ2) is 37.1. The van der Waals surface area contributed by atoms with Gasteiger partial charge in [0.1, 0.15) is 46.0 Å². The maximum absolute atomic E-state index is 6.16. The zero-order valence-corrected chi connectivity index (χ0v) is 60.4. The van der Waals surface area contributed by atoms with E-state index >= 15 is 0 Å². The first-order valence-corrected chi connectivity index (χ1v) is 35.7. The van der Waals surface area contributed by atoms with Crippen molar-refractivity contribution in [1.82, 2.24) is 0 Å². The van der Waals surface area contributed by atoms with Gasteiger partial charge in [0, 0.05) is 0 Å². The van der Waals surface area contributed by atoms with Crippen LogP contribution >= 0.6 is 0 Å². The number of methoxy groups -OCH3 is 1. The van der Waals surface area contributed by atoms with E-state index in [4.69, 9.17) is 57.9 Å². The van der Waals surface area contributed by atoms with Crippen LogP contribution in [0.3, 0.4) is 0 Å². The molecule has 12 rings (SSSR count). The third kappa shape index (κ3) is 20.3. The van der Waals surface area contributed by atoms with E-state index in [1.54, 1.807) is 7.11 Å². The van der Waals surface area contributed by atoms with E-state index in [2.05, 4.69) is 99.7 Å². The van der Waals surface area contributed by atoms with Crippen molar-refractivity contribution in [1.29, 1.82) is 0 Å². The molecule has 12 aromatic rings. The standard InChI is InChI=1S/C94H82N4O8/c1-7-67-12-36-79(37-13-67)95-60-91(71-20-44-83(99-6)45-21-71)73-24-48-85(49-25-73)101-64-103-87-52-28-75(29-53-87)93(62-97-81-40-16-69(9-3)17-41-81)77-32-56-89(57-33-77)105-66-106-90-58-34-78(35-59-90)94(63-98-82-42-18-70(10-4)19-43-82)76-30-54-88(55-31-76)104-65-102-86-50-26-74(27-51-86)92(72-22-46-84(47-23-72)100-11-5)61-96-80-38-14-68(8-2)15-39-80/h12-59H,7-11,64-66H2,1-6H3. The number of ether oxygens (including phenoxy) is 8. The van der Waals surface area contributed by atoms with Crippen LogP contribution in [0.4, 0.5) is 22.7 Å². The number of aliphatic imine (C=N–C) groups is 4. The fraction of sp³-hybridized carbons (Fsp3) is 0.149. The Balaban J connectivity index is 0.674. The molecule has 0 saturated carbocycles. The lowest BCUT2D eigenvalue weighted by Crippen LogP contribution is -2.06. The van der Waals surface area contributed by atoms with E-state index in [-0.39, 0.29) is 20.4 Å². The Kier molecular flexibility index (Phi) is 25.4. The van der Waals surface area contributed by atoms with Crippen LogP contribution in [-0.4, -0.2) is 57.6 Å². The Labute approximate surface area is 621 Å². The molecule has 12 aromatic carbocycles. The first kappa shape index (κ1) is 72.6. The van der Waals surface area contributed by atoms with Gasteiger partial charge in [-0.25, -0.2) is 20.0 Å². The van der Waals surface area contributed by atoms with Gasteiger partial charge < -0.3 is 37.9 Å². The number of rotatable bonds is 31. The molecule has 12 nitrogen and oxygen atoms in total. The molecule has 106 heavy (non-hydrogen) atoms. The van der Waals surface area contributed by atoms with E-state index in [9.17, 15) is 0 Å². The third-order valence-electron chi connectivity index (χ3n) is 17.6. The largest absolute Gasteiger partial charge is 0.497 e. The average Bonchev–Trinajstić information content (AvgIpc) is 0.843. The van der Waals surface area contributed by atoms with E-state index in [1.807, 2.05) is 250 Å². The van der Waals surface area contributed by atoms with Crippen molar-refractivity contribution in [3.63, 3.8) is 0 Å². The average molecular weight is 1400 g/mol. The topological polar surface area (TPSA) is 123 Å². The van der Waals surface area contributed by atoms with Crippen LogP contribution in [0.1, 0.15) is 101 Å². The van der Waals surface area contributed by atoms with Crippen LogP contribution < -0.4 is 37.9 Å². The molecule has 0 atom stereocenters. The minimum Gasteiger partial charge on any atom is -0.497 e. The molecule has 0 aliphatic heterocycles. The molecule has 0 unspecified atom stereocenters. The third-order valence-corrected chi connectivity index (χ3v) is 17.6. The molecule has 0 heterocycles. The van der Waals surface area contributed by atoms with Crippen LogP contribution in [-0.2, 0) is 25.7 Å². The van der Waals surface area contributed by atoms with Gasteiger partial charge in [0.15, 0.2) is 0 Å². The van der Waals surface area contributed by atoms with Crippen molar-refractivity contribution >= 4 is 68.5 Å². The summed E-state index contributed by atoms with van der Waals surface area (Å²) in [5.74, 6) is 18.8. The normalized spacial score (nSPS) is 10.5. The molecule has 0 radical (unpaired) electrons. The maximum atomic E-state index is 6.16. The zero-order valence-electron chi connectivity index (χ0n) is 60.4. The Morgan fingerprint density at radius 2 is 0.387 bits per heavy atom. The van der Waals surface area contributed by atoms with Crippen LogP contribution in [0, 0.1) is 0 Å². The fourth-order valence-corrected chi connectivity index (χ4v) is 11.3. The van der Waals surface area contributed by atoms with Crippen LogP contribution in [0.2, 0.25) is 0 Å². The van der Waals surface area contributed by atoms with Gasteiger partial charge in [-0.2, -0.15) is 0 Å². The Hall–Kier alpha value is -13.2. The van der Waals surface area contributed by atoms with Crippen molar-refractivity contribution in [2.45, 2.75) is 60.3 Å². The molecule has 0 aliphatic carbocycles. The Morgan fingerprint density at radius 3 is 0.547 bits per heavy atom. The van der Waals surface area contributed by atoms with Crippen LogP contribution in [0.5, 0.6) is 46.0 Å². The summed E-state index contributed by atoms with van der Waals surface area (Å²) in [5, 5.41) is 0. The minimum absolute atomic E-state index is 0.00272. The highest BCUT2D eigenvalue weighted by molar-refractivity contribution is 6.02. The SMILES string of the molecule is CCOc1ccc(C(=C=Nc2ccc(CC)cc2)c2ccc(OCOc3ccc(C(=C=Nc4ccc(CC)cc4)c4ccc(OCOc5ccc(C(=C=Nc6ccc(CC)cc6)c6ccc(OCOc7ccc(C(=C=Nc8ccc(CC)cc8)c8ccc(OC)cc8)cc7)cc6)cc5)cc4)cc3)cc2)cc1. The van der Waals surface area contributed by atoms with Gasteiger partial charge in [0.2, 0.25) is 20.4 Å². The number of aryl methyl sites for hydroxylation is 4. The highest BCUT2D eigenvalue weighted by Crippen LogP contribution is 2.32. The Bertz CT molecular complexity index is 5110. The minimum atomic E-state index is -0.0258. The van der Waals surface area contributed by atoms with E-state index in [0.29, 0.717) is 41.1 Å². The molecule has 0 fully saturated rings. The Morgan fingerprint density at radius 1 is 0.217 bits per heavy atom. The monoisotopic (exact) mass is 1390 g/mol. The molecular formula is C94H82N4O8. The van der Waals surface area contributed by atoms with E-state index < -0.39 is 0 Å². The summed E-state index contributed by atoms with van der Waals surface area (Å²) in [6, 6.07) is 95.6. The summed E-state index contributed by atoms with van der Waals surface area (Å²) in [6.07, 6.45) is 3.80. The highest BCUT2D eigenvalue weighted by Gasteiger charge is 2.14. The zero-order chi connectivity index (χ0) is 73.1. The molecule has 0 aliphatic rings. The second-order valence-corrected chi connectivity index (χ2v) is 24.5. The molecule has 0 amide bonds. The quantitative estimate of drug-likeness (QED) is 0.0311. The molecule has 0 spiro atoms. The predicted molar refractivity (Wildman–Crippen MR) is 429 cm³/mol. The van der Waals surface area contributed by atoms with Gasteiger partial charge in [-0.15, -0.1) is 0 Å². The fourth-order valence-electron chi connectivity index (χ4n) is 11.3. The van der Waals surface area contributed by atoms with Crippen LogP contribution in [0.25, 0.3) is 22.3 Å². The summed E-state index contributed by atoms with van der Waals surface area (Å²) < 4.78 is 47.9. The smallest absolute Gasteiger partial charge is 0.230 e. The first-order valence-electron chi connectivity index (χ1n) is 35.7. The molecule has 12 heteroatoms. The van der Waals surface area contributed by atoms with Crippen LogP contribution in [0.15, 0.2) is 311 Å². The summed E-state index contributed by atoms with van der Waals surface area (Å²) in [4.78, 5) is 19.0. The summed E-state index contributed by atoms with van der Waals surface area (Å²) in [7, 11) is 1.66. The van der Waals surface area contributed by atoms with Crippen molar-refractivity contribution < 1.29 is 37.9 Å². The number of hydrogen-bond acceptors (Lipinski definition) is 12. The van der Waals surface area contributed by atoms with E-state index in [1.165, 1.54) is 22.3 Å². The van der Waals surface area contributed by atoms with E-state index in [0.717, 1.165) is 127 Å². The van der Waals surface area contributed by atoms with Crippen molar-refractivity contribution in [3.8, 4) is 46.0 Å². The molecule has 0 aromatic heterocycles. The lowest BCUT2D eigenvalue weighted by Gasteiger charge is -2.12. The van der Waals surface area contributed by atoms with Gasteiger partial charge in [0.25, 0.3) is 0 Å². The molecule has 526 valence electrons. The summed E-state index contributed by atoms with van der Waals surface area (Å²) in [6.45, 7) is 11.1. The maximum Gasteiger partial charge on any atom is 0.230 e. The summed E-state index contributed by atoms with van der Waals surface area (Å²) >= 11 is 0. The molecular weight excluding hydrogens is 1310 g/mol. The van der Waals surface area contributed by atoms with Gasteiger partial charge in [-0.1, -0.05) is 76.2 Å². The van der Waals surface area contributed by atoms with Crippen molar-refractivity contribution in [2.75, 3.05) is 34.1 Å². The van der Waals surface area contributed by atoms with Crippen molar-refractivity contribution in [3.05, 3.63) is 358 Å². The van der Waals surface area contributed by atoms with Gasteiger partial charge in [-0.05, 0) is 366 Å². The molecule has 0 bridgehead atoms. The summed E-state index contributed by atoms with van der Waals surface area (Å²) in [5.41, 5.74) is 18.8. The second-order valence-electron chi connectivity index (χ2n) is 24.5. The van der Waals surface area contributed by atoms with Gasteiger partial charge in [0.05, 0.1) is 58.8 Å². The number of nitrogens with zero attached hydrogens (tertiary/aromatic N) is 4. The van der Waals surface area contributed by atoms with Gasteiger partial charge >= 0.3 is 0 Å². The molecule has 0 saturated heterocycles. The number of benzene rings is 12. The predicted octanol–water partition coefficient (Wildman–Crippen LogP) is 22.3. The first-order chi connectivity index (χ1) is 52.2.